The Bertz CT molecular complexity index is 2350. The topological polar surface area (TPSA) is 35.1 Å². The van der Waals surface area contributed by atoms with Crippen LogP contribution in [-0.2, 0) is 5.41 Å². The highest BCUT2D eigenvalue weighted by atomic mass is 16.3. The Balaban J connectivity index is 1.45. The minimum atomic E-state index is -0.128. The maximum Gasteiger partial charge on any atom is 0.200 e. The molecule has 0 radical (unpaired) electrons. The van der Waals surface area contributed by atoms with Gasteiger partial charge in [0.25, 0.3) is 0 Å². The van der Waals surface area contributed by atoms with Crippen LogP contribution >= 0.6 is 0 Å². The van der Waals surface area contributed by atoms with Crippen LogP contribution in [0.2, 0.25) is 0 Å². The number of hydrogen-bond donors (Lipinski definition) is 0. The van der Waals surface area contributed by atoms with Crippen LogP contribution in [0, 0.1) is 0 Å². The van der Waals surface area contributed by atoms with Gasteiger partial charge in [0, 0.05) is 27.9 Å². The number of benzene rings is 5. The van der Waals surface area contributed by atoms with Crippen molar-refractivity contribution in [3.05, 3.63) is 123 Å². The molecule has 2 heterocycles. The third-order valence-electron chi connectivity index (χ3n) is 9.73. The Morgan fingerprint density at radius 2 is 1.40 bits per heavy atom. The Morgan fingerprint density at radius 3 is 2.19 bits per heavy atom. The standard InChI is InChI=1S/C40H35NO2/c1-22(2)25-17-18-26(23(3)4)39-36(25)38(42)30-16-15-24(21-34(30)43-39)41-32-14-10-8-12-29(32)35-33(41)20-19-28-27-11-7-9-13-31(27)40(5,6)37(28)35/h7-23H,1-6H3. The van der Waals surface area contributed by atoms with Gasteiger partial charge in [-0.3, -0.25) is 4.79 Å². The van der Waals surface area contributed by atoms with Crippen molar-refractivity contribution in [3.8, 4) is 16.8 Å². The first-order chi connectivity index (χ1) is 20.7. The lowest BCUT2D eigenvalue weighted by Crippen LogP contribution is -2.15. The van der Waals surface area contributed by atoms with E-state index in [4.69, 9.17) is 4.42 Å². The third kappa shape index (κ3) is 3.45. The van der Waals surface area contributed by atoms with Gasteiger partial charge in [-0.15, -0.1) is 0 Å². The van der Waals surface area contributed by atoms with E-state index in [2.05, 4.69) is 131 Å². The molecule has 0 N–H and O–H groups in total. The maximum atomic E-state index is 14.1. The van der Waals surface area contributed by atoms with Crippen LogP contribution in [-0.4, -0.2) is 4.57 Å². The van der Waals surface area contributed by atoms with Crippen molar-refractivity contribution >= 4 is 43.7 Å². The van der Waals surface area contributed by atoms with Crippen molar-refractivity contribution in [2.45, 2.75) is 58.8 Å². The van der Waals surface area contributed by atoms with Crippen LogP contribution in [0.5, 0.6) is 0 Å². The predicted octanol–water partition coefficient (Wildman–Crippen LogP) is 10.6. The monoisotopic (exact) mass is 561 g/mol. The van der Waals surface area contributed by atoms with E-state index in [-0.39, 0.29) is 22.7 Å². The van der Waals surface area contributed by atoms with E-state index in [1.54, 1.807) is 0 Å². The van der Waals surface area contributed by atoms with Crippen LogP contribution in [0.4, 0.5) is 0 Å². The number of aromatic nitrogens is 1. The fourth-order valence-electron chi connectivity index (χ4n) is 7.67. The summed E-state index contributed by atoms with van der Waals surface area (Å²) in [4.78, 5) is 14.1. The molecule has 1 aliphatic rings. The Kier molecular flexibility index (Phi) is 5.41. The molecule has 0 aliphatic heterocycles. The summed E-state index contributed by atoms with van der Waals surface area (Å²) >= 11 is 0. The van der Waals surface area contributed by atoms with Crippen LogP contribution in [0.25, 0.3) is 60.6 Å². The van der Waals surface area contributed by atoms with Gasteiger partial charge in [-0.25, -0.2) is 0 Å². The largest absolute Gasteiger partial charge is 0.455 e. The van der Waals surface area contributed by atoms with Gasteiger partial charge in [0.15, 0.2) is 0 Å². The fraction of sp³-hybridized carbons (Fsp3) is 0.225. The van der Waals surface area contributed by atoms with Gasteiger partial charge in [0.2, 0.25) is 5.43 Å². The molecular weight excluding hydrogens is 526 g/mol. The number of nitrogens with zero attached hydrogens (tertiary/aromatic N) is 1. The van der Waals surface area contributed by atoms with Gasteiger partial charge in [0.1, 0.15) is 11.2 Å². The summed E-state index contributed by atoms with van der Waals surface area (Å²) in [6.45, 7) is 13.3. The van der Waals surface area contributed by atoms with E-state index in [1.165, 1.54) is 33.0 Å². The molecule has 0 fully saturated rings. The highest BCUT2D eigenvalue weighted by molar-refractivity contribution is 6.14. The first-order valence-electron chi connectivity index (χ1n) is 15.4. The van der Waals surface area contributed by atoms with E-state index in [1.807, 2.05) is 6.07 Å². The average molecular weight is 562 g/mol. The van der Waals surface area contributed by atoms with E-state index >= 15 is 0 Å². The summed E-state index contributed by atoms with van der Waals surface area (Å²) in [7, 11) is 0. The second kappa shape index (κ2) is 8.94. The summed E-state index contributed by atoms with van der Waals surface area (Å²) in [5.74, 6) is 0.456. The molecule has 8 rings (SSSR count). The van der Waals surface area contributed by atoms with Crippen molar-refractivity contribution in [2.24, 2.45) is 0 Å². The van der Waals surface area contributed by atoms with Gasteiger partial charge in [-0.05, 0) is 69.5 Å². The van der Waals surface area contributed by atoms with Gasteiger partial charge in [0.05, 0.1) is 21.8 Å². The Labute approximate surface area is 251 Å². The van der Waals surface area contributed by atoms with Crippen LogP contribution in [0.3, 0.4) is 0 Å². The molecule has 2 aromatic heterocycles. The molecule has 1 aliphatic carbocycles. The van der Waals surface area contributed by atoms with Crippen molar-refractivity contribution in [2.75, 3.05) is 0 Å². The van der Waals surface area contributed by atoms with Gasteiger partial charge < -0.3 is 8.98 Å². The Morgan fingerprint density at radius 1 is 0.674 bits per heavy atom. The lowest BCUT2D eigenvalue weighted by atomic mass is 9.80. The zero-order valence-corrected chi connectivity index (χ0v) is 25.6. The van der Waals surface area contributed by atoms with Gasteiger partial charge in [-0.2, -0.15) is 0 Å². The first-order valence-corrected chi connectivity index (χ1v) is 15.4. The highest BCUT2D eigenvalue weighted by Crippen LogP contribution is 2.53. The van der Waals surface area contributed by atoms with E-state index in [0.29, 0.717) is 11.0 Å². The molecule has 0 spiro atoms. The normalized spacial score (nSPS) is 14.0. The number of para-hydroxylation sites is 1. The molecule has 7 aromatic rings. The van der Waals surface area contributed by atoms with Gasteiger partial charge >= 0.3 is 0 Å². The van der Waals surface area contributed by atoms with Crippen LogP contribution in [0.1, 0.15) is 75.6 Å². The molecule has 0 saturated carbocycles. The minimum Gasteiger partial charge on any atom is -0.455 e. The van der Waals surface area contributed by atoms with E-state index in [0.717, 1.165) is 38.8 Å². The molecule has 0 bridgehead atoms. The molecule has 3 nitrogen and oxygen atoms in total. The summed E-state index contributed by atoms with van der Waals surface area (Å²) in [6.07, 6.45) is 0. The second-order valence-electron chi connectivity index (χ2n) is 13.3. The zero-order chi connectivity index (χ0) is 29.8. The molecule has 5 aromatic carbocycles. The third-order valence-corrected chi connectivity index (χ3v) is 9.73. The molecule has 0 atom stereocenters. The average Bonchev–Trinajstić information content (AvgIpc) is 3.45. The van der Waals surface area contributed by atoms with Crippen LogP contribution in [0.15, 0.2) is 100 Å². The Hall–Kier alpha value is -4.63. The zero-order valence-electron chi connectivity index (χ0n) is 25.6. The maximum absolute atomic E-state index is 14.1. The second-order valence-corrected chi connectivity index (χ2v) is 13.3. The molecule has 0 amide bonds. The van der Waals surface area contributed by atoms with Crippen LogP contribution < -0.4 is 5.43 Å². The van der Waals surface area contributed by atoms with E-state index in [9.17, 15) is 4.79 Å². The molecule has 0 unspecified atom stereocenters. The number of fused-ring (bicyclic) bond motifs is 9. The molecule has 3 heteroatoms. The van der Waals surface area contributed by atoms with Crippen molar-refractivity contribution < 1.29 is 4.42 Å². The summed E-state index contributed by atoms with van der Waals surface area (Å²) < 4.78 is 9.04. The summed E-state index contributed by atoms with van der Waals surface area (Å²) in [6, 6.07) is 32.4. The smallest absolute Gasteiger partial charge is 0.200 e. The molecule has 0 saturated heterocycles. The lowest BCUT2D eigenvalue weighted by molar-refractivity contribution is 0.646. The number of rotatable bonds is 3. The van der Waals surface area contributed by atoms with Crippen molar-refractivity contribution in [3.63, 3.8) is 0 Å². The first kappa shape index (κ1) is 26.0. The van der Waals surface area contributed by atoms with Crippen molar-refractivity contribution in [1.82, 2.24) is 4.57 Å². The summed E-state index contributed by atoms with van der Waals surface area (Å²) in [5.41, 5.74) is 12.0. The molecular formula is C40H35NO2. The molecule has 43 heavy (non-hydrogen) atoms. The van der Waals surface area contributed by atoms with E-state index < -0.39 is 0 Å². The minimum absolute atomic E-state index is 0.0496. The van der Waals surface area contributed by atoms with Crippen molar-refractivity contribution in [1.29, 1.82) is 0 Å². The highest BCUT2D eigenvalue weighted by Gasteiger charge is 2.38. The summed E-state index contributed by atoms with van der Waals surface area (Å²) in [5, 5.41) is 3.87. The SMILES string of the molecule is CC(C)c1ccc(C(C)C)c2c(=O)c3ccc(-n4c5ccccc5c5c6c(ccc54)-c4ccccc4C6(C)C)cc3oc12. The lowest BCUT2D eigenvalue weighted by Gasteiger charge is -2.22. The molecule has 212 valence electrons. The number of hydrogen-bond acceptors (Lipinski definition) is 2. The fourth-order valence-corrected chi connectivity index (χ4v) is 7.67. The predicted molar refractivity (Wildman–Crippen MR) is 180 cm³/mol. The van der Waals surface area contributed by atoms with Gasteiger partial charge in [-0.1, -0.05) is 102 Å². The quantitative estimate of drug-likeness (QED) is 0.201.